The van der Waals surface area contributed by atoms with Gasteiger partial charge in [-0.2, -0.15) is 0 Å². The highest BCUT2D eigenvalue weighted by atomic mass is 16.3. The molecule has 106 valence electrons. The number of nitrogens with zero attached hydrogens (tertiary/aromatic N) is 3. The molecule has 0 aliphatic carbocycles. The van der Waals surface area contributed by atoms with Crippen molar-refractivity contribution < 1.29 is 9.90 Å². The van der Waals surface area contributed by atoms with Crippen LogP contribution in [-0.4, -0.2) is 70.1 Å². The number of aromatic amines is 1. The lowest BCUT2D eigenvalue weighted by Crippen LogP contribution is -2.41. The van der Waals surface area contributed by atoms with Crippen LogP contribution in [0.4, 0.5) is 0 Å². The molecule has 0 bridgehead atoms. The number of rotatable bonds is 3. The smallest absolute Gasteiger partial charge is 0.289 e. The van der Waals surface area contributed by atoms with Crippen molar-refractivity contribution in [3.8, 4) is 0 Å². The van der Waals surface area contributed by atoms with Crippen molar-refractivity contribution in [2.45, 2.75) is 24.9 Å². The van der Waals surface area contributed by atoms with E-state index in [1.807, 2.05) is 19.0 Å². The van der Waals surface area contributed by atoms with Gasteiger partial charge in [0, 0.05) is 32.0 Å². The summed E-state index contributed by atoms with van der Waals surface area (Å²) < 4.78 is 0. The van der Waals surface area contributed by atoms with Gasteiger partial charge in [0.2, 0.25) is 0 Å². The van der Waals surface area contributed by atoms with E-state index in [1.54, 1.807) is 17.3 Å². The summed E-state index contributed by atoms with van der Waals surface area (Å²) in [6, 6.07) is 0. The number of H-pyrrole nitrogens is 1. The van der Waals surface area contributed by atoms with Crippen molar-refractivity contribution >= 4 is 5.91 Å². The first-order chi connectivity index (χ1) is 9.00. The molecule has 0 spiro atoms. The first kappa shape index (κ1) is 14.0. The highest BCUT2D eigenvalue weighted by Gasteiger charge is 2.32. The summed E-state index contributed by atoms with van der Waals surface area (Å²) in [4.78, 5) is 22.8. The van der Waals surface area contributed by atoms with E-state index in [1.165, 1.54) is 0 Å². The quantitative estimate of drug-likeness (QED) is 0.827. The van der Waals surface area contributed by atoms with Gasteiger partial charge in [-0.3, -0.25) is 4.79 Å². The molecule has 0 saturated carbocycles. The van der Waals surface area contributed by atoms with E-state index in [-0.39, 0.29) is 5.91 Å². The van der Waals surface area contributed by atoms with E-state index in [9.17, 15) is 9.90 Å². The van der Waals surface area contributed by atoms with Crippen LogP contribution in [0.25, 0.3) is 0 Å². The normalized spacial score (nSPS) is 24.5. The van der Waals surface area contributed by atoms with Crippen LogP contribution in [0.2, 0.25) is 0 Å². The second kappa shape index (κ2) is 5.71. The molecule has 6 heteroatoms. The Morgan fingerprint density at radius 3 is 2.95 bits per heavy atom. The first-order valence-electron chi connectivity index (χ1n) is 6.66. The molecule has 2 N–H and O–H groups in total. The molecule has 1 aliphatic rings. The van der Waals surface area contributed by atoms with Gasteiger partial charge in [0.15, 0.2) is 5.82 Å². The van der Waals surface area contributed by atoms with E-state index in [4.69, 9.17) is 0 Å². The number of imidazole rings is 1. The first-order valence-corrected chi connectivity index (χ1v) is 6.66. The summed E-state index contributed by atoms with van der Waals surface area (Å²) in [5, 5.41) is 10.5. The molecule has 2 heterocycles. The predicted octanol–water partition coefficient (Wildman–Crippen LogP) is 0.328. The Hall–Kier alpha value is -1.40. The summed E-state index contributed by atoms with van der Waals surface area (Å²) in [5.74, 6) is 0.289. The zero-order valence-electron chi connectivity index (χ0n) is 11.6. The van der Waals surface area contributed by atoms with Gasteiger partial charge in [-0.05, 0) is 33.4 Å². The van der Waals surface area contributed by atoms with Gasteiger partial charge in [0.25, 0.3) is 5.91 Å². The van der Waals surface area contributed by atoms with Crippen LogP contribution in [-0.2, 0) is 0 Å². The van der Waals surface area contributed by atoms with Gasteiger partial charge in [0.05, 0.1) is 5.60 Å². The molecule has 1 fully saturated rings. The molecule has 0 unspecified atom stereocenters. The molecule has 2 rings (SSSR count). The van der Waals surface area contributed by atoms with E-state index >= 15 is 0 Å². The average Bonchev–Trinajstić information content (AvgIpc) is 2.79. The molecule has 1 atom stereocenters. The lowest BCUT2D eigenvalue weighted by atomic mass is 9.94. The Morgan fingerprint density at radius 2 is 2.32 bits per heavy atom. The van der Waals surface area contributed by atoms with E-state index < -0.39 is 5.60 Å². The van der Waals surface area contributed by atoms with E-state index in [0.717, 1.165) is 12.8 Å². The molecule has 6 nitrogen and oxygen atoms in total. The van der Waals surface area contributed by atoms with Gasteiger partial charge >= 0.3 is 0 Å². The number of likely N-dealkylation sites (tertiary alicyclic amines) is 1. The van der Waals surface area contributed by atoms with Crippen molar-refractivity contribution in [3.05, 3.63) is 18.2 Å². The fraction of sp³-hybridized carbons (Fsp3) is 0.692. The van der Waals surface area contributed by atoms with Crippen molar-refractivity contribution in [1.82, 2.24) is 19.8 Å². The topological polar surface area (TPSA) is 72.5 Å². The molecule has 19 heavy (non-hydrogen) atoms. The Labute approximate surface area is 113 Å². The number of hydrogen-bond acceptors (Lipinski definition) is 4. The summed E-state index contributed by atoms with van der Waals surface area (Å²) in [5.41, 5.74) is -0.693. The number of aliphatic hydroxyl groups is 1. The fourth-order valence-electron chi connectivity index (χ4n) is 2.66. The Morgan fingerprint density at radius 1 is 1.53 bits per heavy atom. The zero-order chi connectivity index (χ0) is 13.9. The molecule has 1 aliphatic heterocycles. The average molecular weight is 266 g/mol. The monoisotopic (exact) mass is 266 g/mol. The van der Waals surface area contributed by atoms with Crippen molar-refractivity contribution in [3.63, 3.8) is 0 Å². The molecule has 1 aromatic heterocycles. The van der Waals surface area contributed by atoms with Crippen LogP contribution in [0.1, 0.15) is 29.9 Å². The Bertz CT molecular complexity index is 418. The van der Waals surface area contributed by atoms with Crippen molar-refractivity contribution in [2.24, 2.45) is 0 Å². The summed E-state index contributed by atoms with van der Waals surface area (Å²) >= 11 is 0. The second-order valence-electron chi connectivity index (χ2n) is 5.55. The van der Waals surface area contributed by atoms with Crippen LogP contribution in [0.3, 0.4) is 0 Å². The number of carbonyl (C=O) groups is 1. The molecule has 0 radical (unpaired) electrons. The SMILES string of the molecule is CN(C)C[C@]1(O)CCCN(C(=O)c2ncc[nH]2)CC1. The largest absolute Gasteiger partial charge is 0.388 e. The molecule has 1 amide bonds. The number of hydrogen-bond donors (Lipinski definition) is 2. The third-order valence-electron chi connectivity index (χ3n) is 3.52. The van der Waals surface area contributed by atoms with Gasteiger partial charge in [-0.25, -0.2) is 4.98 Å². The molecule has 1 saturated heterocycles. The maximum Gasteiger partial charge on any atom is 0.289 e. The van der Waals surface area contributed by atoms with E-state index in [0.29, 0.717) is 31.9 Å². The van der Waals surface area contributed by atoms with Gasteiger partial charge < -0.3 is 19.9 Å². The lowest BCUT2D eigenvalue weighted by Gasteiger charge is -2.29. The fourth-order valence-corrected chi connectivity index (χ4v) is 2.66. The summed E-state index contributed by atoms with van der Waals surface area (Å²) in [7, 11) is 3.91. The number of amides is 1. The lowest BCUT2D eigenvalue weighted by molar-refractivity contribution is 0.00302. The van der Waals surface area contributed by atoms with Crippen LogP contribution in [0.15, 0.2) is 12.4 Å². The van der Waals surface area contributed by atoms with Crippen molar-refractivity contribution in [2.75, 3.05) is 33.7 Å². The van der Waals surface area contributed by atoms with Gasteiger partial charge in [-0.1, -0.05) is 0 Å². The maximum atomic E-state index is 12.2. The summed E-state index contributed by atoms with van der Waals surface area (Å²) in [6.07, 6.45) is 5.38. The zero-order valence-corrected chi connectivity index (χ0v) is 11.6. The predicted molar refractivity (Wildman–Crippen MR) is 71.8 cm³/mol. The minimum atomic E-state index is -0.693. The highest BCUT2D eigenvalue weighted by Crippen LogP contribution is 2.23. The van der Waals surface area contributed by atoms with Gasteiger partial charge in [-0.15, -0.1) is 0 Å². The Balaban J connectivity index is 1.98. The van der Waals surface area contributed by atoms with Crippen molar-refractivity contribution in [1.29, 1.82) is 0 Å². The summed E-state index contributed by atoms with van der Waals surface area (Å²) in [6.45, 7) is 1.88. The number of likely N-dealkylation sites (N-methyl/N-ethyl adjacent to an activating group) is 1. The third-order valence-corrected chi connectivity index (χ3v) is 3.52. The Kier molecular flexibility index (Phi) is 4.21. The van der Waals surface area contributed by atoms with Crippen LogP contribution in [0.5, 0.6) is 0 Å². The minimum absolute atomic E-state index is 0.0842. The molecule has 0 aromatic carbocycles. The standard InChI is InChI=1S/C13H22N4O2/c1-16(2)10-13(19)4-3-8-17(9-5-13)12(18)11-14-6-7-15-11/h6-7,19H,3-5,8-10H2,1-2H3,(H,14,15)/t13-/m0/s1. The van der Waals surface area contributed by atoms with Crippen LogP contribution in [0, 0.1) is 0 Å². The van der Waals surface area contributed by atoms with Crippen LogP contribution < -0.4 is 0 Å². The maximum absolute atomic E-state index is 12.2. The minimum Gasteiger partial charge on any atom is -0.388 e. The highest BCUT2D eigenvalue weighted by molar-refractivity contribution is 5.90. The molecular weight excluding hydrogens is 244 g/mol. The van der Waals surface area contributed by atoms with E-state index in [2.05, 4.69) is 9.97 Å². The second-order valence-corrected chi connectivity index (χ2v) is 5.55. The third kappa shape index (κ3) is 3.54. The number of carbonyl (C=O) groups excluding carboxylic acids is 1. The van der Waals surface area contributed by atoms with Crippen LogP contribution >= 0.6 is 0 Å². The van der Waals surface area contributed by atoms with Gasteiger partial charge in [0.1, 0.15) is 0 Å². The number of nitrogens with one attached hydrogen (secondary N) is 1. The molecular formula is C13H22N4O2. The number of aromatic nitrogens is 2. The molecule has 1 aromatic rings.